The van der Waals surface area contributed by atoms with E-state index < -0.39 is 17.1 Å². The van der Waals surface area contributed by atoms with Crippen LogP contribution in [-0.2, 0) is 4.74 Å². The normalized spacial score (nSPS) is 10.9. The molecule has 0 atom stereocenters. The highest BCUT2D eigenvalue weighted by molar-refractivity contribution is 6.14. The van der Waals surface area contributed by atoms with Gasteiger partial charge in [-0.05, 0) is 24.3 Å². The maximum atomic E-state index is 13.1. The molecule has 26 heavy (non-hydrogen) atoms. The first-order valence-electron chi connectivity index (χ1n) is 7.69. The zero-order valence-electron chi connectivity index (χ0n) is 13.6. The molecule has 0 aliphatic rings. The van der Waals surface area contributed by atoms with E-state index >= 15 is 0 Å². The Kier molecular flexibility index (Phi) is 3.34. The summed E-state index contributed by atoms with van der Waals surface area (Å²) in [5.74, 6) is -0.727. The largest absolute Gasteiger partial charge is 0.465 e. The first kappa shape index (κ1) is 15.6. The molecule has 0 unspecified atom stereocenters. The average molecular weight is 345 g/mol. The van der Waals surface area contributed by atoms with E-state index in [-0.39, 0.29) is 27.4 Å². The third-order valence-corrected chi connectivity index (χ3v) is 4.35. The third-order valence-electron chi connectivity index (χ3n) is 4.35. The summed E-state index contributed by atoms with van der Waals surface area (Å²) in [5, 5.41) is 9.73. The maximum absolute atomic E-state index is 13.1. The molecule has 0 saturated carbocycles. The summed E-state index contributed by atoms with van der Waals surface area (Å²) in [7, 11) is 1.21. The zero-order valence-corrected chi connectivity index (χ0v) is 13.6. The van der Waals surface area contributed by atoms with Crippen molar-refractivity contribution in [2.45, 2.75) is 0 Å². The highest BCUT2D eigenvalue weighted by Crippen LogP contribution is 2.26. The van der Waals surface area contributed by atoms with Crippen molar-refractivity contribution in [2.24, 2.45) is 0 Å². The third kappa shape index (κ3) is 1.90. The molecule has 7 heteroatoms. The van der Waals surface area contributed by atoms with Crippen LogP contribution in [0.1, 0.15) is 15.9 Å². The summed E-state index contributed by atoms with van der Waals surface area (Å²) >= 11 is 0. The van der Waals surface area contributed by atoms with Crippen LogP contribution in [0.4, 0.5) is 0 Å². The Morgan fingerprint density at radius 1 is 0.962 bits per heavy atom. The van der Waals surface area contributed by atoms with Crippen LogP contribution in [0.15, 0.2) is 58.4 Å². The summed E-state index contributed by atoms with van der Waals surface area (Å²) in [6.45, 7) is 0. The molecular formula is C19H11N3O4. The van der Waals surface area contributed by atoms with Gasteiger partial charge in [0, 0.05) is 17.8 Å². The zero-order chi connectivity index (χ0) is 18.4. The van der Waals surface area contributed by atoms with E-state index in [1.54, 1.807) is 36.4 Å². The number of carbonyl (C=O) groups excluding carboxylic acids is 1. The predicted molar refractivity (Wildman–Crippen MR) is 94.5 cm³/mol. The molecule has 0 aromatic carbocycles. The maximum Gasteiger partial charge on any atom is 0.340 e. The van der Waals surface area contributed by atoms with Crippen molar-refractivity contribution < 1.29 is 9.53 Å². The Hall–Kier alpha value is -3.92. The number of nitriles is 1. The number of methoxy groups -OCH3 is 1. The van der Waals surface area contributed by atoms with Crippen molar-refractivity contribution >= 4 is 27.8 Å². The molecule has 4 aromatic heterocycles. The van der Waals surface area contributed by atoms with E-state index in [0.717, 1.165) is 0 Å². The number of aromatic nitrogens is 2. The average Bonchev–Trinajstić information content (AvgIpc) is 2.68. The fourth-order valence-corrected chi connectivity index (χ4v) is 3.26. The molecule has 0 bridgehead atoms. The molecule has 4 heterocycles. The molecule has 7 nitrogen and oxygen atoms in total. The molecular weight excluding hydrogens is 334 g/mol. The van der Waals surface area contributed by atoms with Crippen LogP contribution in [0, 0.1) is 11.3 Å². The second-order valence-corrected chi connectivity index (χ2v) is 5.63. The van der Waals surface area contributed by atoms with E-state index in [1.165, 1.54) is 28.3 Å². The summed E-state index contributed by atoms with van der Waals surface area (Å²) in [4.78, 5) is 38.4. The Morgan fingerprint density at radius 3 is 2.19 bits per heavy atom. The van der Waals surface area contributed by atoms with E-state index in [1.807, 2.05) is 6.07 Å². The smallest absolute Gasteiger partial charge is 0.340 e. The Labute approximate surface area is 145 Å². The van der Waals surface area contributed by atoms with Gasteiger partial charge >= 0.3 is 5.97 Å². The number of rotatable bonds is 1. The lowest BCUT2D eigenvalue weighted by Gasteiger charge is -2.13. The van der Waals surface area contributed by atoms with Crippen molar-refractivity contribution in [1.82, 2.24) is 8.80 Å². The van der Waals surface area contributed by atoms with Crippen LogP contribution >= 0.6 is 0 Å². The van der Waals surface area contributed by atoms with Gasteiger partial charge in [0.15, 0.2) is 0 Å². The van der Waals surface area contributed by atoms with Crippen LogP contribution in [-0.4, -0.2) is 21.9 Å². The minimum Gasteiger partial charge on any atom is -0.465 e. The van der Waals surface area contributed by atoms with Gasteiger partial charge in [0.2, 0.25) is 0 Å². The fourth-order valence-electron chi connectivity index (χ4n) is 3.26. The summed E-state index contributed by atoms with van der Waals surface area (Å²) in [6.07, 6.45) is 3.01. The Bertz CT molecular complexity index is 1390. The molecule has 0 N–H and O–H groups in total. The van der Waals surface area contributed by atoms with Crippen LogP contribution in [0.5, 0.6) is 0 Å². The van der Waals surface area contributed by atoms with Gasteiger partial charge in [0.05, 0.1) is 29.1 Å². The minimum atomic E-state index is -0.727. The molecule has 0 spiro atoms. The predicted octanol–water partition coefficient (Wildman–Crippen LogP) is 1.72. The number of fused-ring (bicyclic) bond motifs is 4. The second-order valence-electron chi connectivity index (χ2n) is 5.63. The standard InChI is InChI=1S/C19H11N3O4/c1-26-19(25)16-13-7-3-5-9-22(13)18(24)15-12-6-2-4-8-21(12)17(23)11(10-20)14(15)16/h2-9H,1H3. The highest BCUT2D eigenvalue weighted by Gasteiger charge is 2.24. The molecule has 0 saturated heterocycles. The van der Waals surface area contributed by atoms with Crippen molar-refractivity contribution in [3.8, 4) is 6.07 Å². The molecule has 4 rings (SSSR count). The number of esters is 1. The number of nitrogens with zero attached hydrogens (tertiary/aromatic N) is 3. The molecule has 0 amide bonds. The number of hydrogen-bond acceptors (Lipinski definition) is 5. The molecule has 0 aliphatic carbocycles. The Balaban J connectivity index is 2.52. The molecule has 4 aromatic rings. The van der Waals surface area contributed by atoms with Gasteiger partial charge in [0.25, 0.3) is 11.1 Å². The van der Waals surface area contributed by atoms with Crippen molar-refractivity contribution in [2.75, 3.05) is 7.11 Å². The first-order valence-corrected chi connectivity index (χ1v) is 7.69. The molecule has 0 aliphatic heterocycles. The lowest BCUT2D eigenvalue weighted by molar-refractivity contribution is 0.0604. The second kappa shape index (κ2) is 5.57. The SMILES string of the molecule is COC(=O)c1c2c(C#N)c(=O)n3ccccc3c2c(=O)n2ccccc12. The van der Waals surface area contributed by atoms with Crippen LogP contribution < -0.4 is 11.1 Å². The van der Waals surface area contributed by atoms with Gasteiger partial charge < -0.3 is 4.74 Å². The topological polar surface area (TPSA) is 93.0 Å². The summed E-state index contributed by atoms with van der Waals surface area (Å²) < 4.78 is 7.42. The van der Waals surface area contributed by atoms with Gasteiger partial charge in [-0.1, -0.05) is 12.1 Å². The van der Waals surface area contributed by atoms with Crippen LogP contribution in [0.3, 0.4) is 0 Å². The number of carbonyl (C=O) groups is 1. The lowest BCUT2D eigenvalue weighted by atomic mass is 10.00. The monoisotopic (exact) mass is 345 g/mol. The van der Waals surface area contributed by atoms with E-state index in [9.17, 15) is 19.6 Å². The number of pyridine rings is 4. The Morgan fingerprint density at radius 2 is 1.58 bits per heavy atom. The highest BCUT2D eigenvalue weighted by atomic mass is 16.5. The molecule has 0 radical (unpaired) electrons. The lowest BCUT2D eigenvalue weighted by Crippen LogP contribution is -2.25. The summed E-state index contributed by atoms with van der Waals surface area (Å²) in [5.41, 5.74) is -0.688. The number of hydrogen-bond donors (Lipinski definition) is 0. The number of ether oxygens (including phenoxy) is 1. The van der Waals surface area contributed by atoms with Crippen LogP contribution in [0.2, 0.25) is 0 Å². The van der Waals surface area contributed by atoms with Gasteiger partial charge in [-0.3, -0.25) is 18.4 Å². The first-order chi connectivity index (χ1) is 12.6. The fraction of sp³-hybridized carbons (Fsp3) is 0.0526. The van der Waals surface area contributed by atoms with Crippen molar-refractivity contribution in [3.63, 3.8) is 0 Å². The van der Waals surface area contributed by atoms with Gasteiger partial charge in [-0.2, -0.15) is 5.26 Å². The van der Waals surface area contributed by atoms with E-state index in [0.29, 0.717) is 5.52 Å². The van der Waals surface area contributed by atoms with Crippen molar-refractivity contribution in [3.05, 3.63) is 80.6 Å². The molecule has 0 fully saturated rings. The van der Waals surface area contributed by atoms with Crippen molar-refractivity contribution in [1.29, 1.82) is 5.26 Å². The van der Waals surface area contributed by atoms with E-state index in [4.69, 9.17) is 4.74 Å². The van der Waals surface area contributed by atoms with Gasteiger partial charge in [0.1, 0.15) is 11.6 Å². The van der Waals surface area contributed by atoms with E-state index in [2.05, 4.69) is 0 Å². The molecule has 126 valence electrons. The quantitative estimate of drug-likeness (QED) is 0.297. The van der Waals surface area contributed by atoms with Gasteiger partial charge in [-0.25, -0.2) is 4.79 Å². The minimum absolute atomic E-state index is 0.0164. The summed E-state index contributed by atoms with van der Waals surface area (Å²) in [6, 6.07) is 11.6. The van der Waals surface area contributed by atoms with Gasteiger partial charge in [-0.15, -0.1) is 0 Å². The van der Waals surface area contributed by atoms with Crippen LogP contribution in [0.25, 0.3) is 21.8 Å².